The Bertz CT molecular complexity index is 786. The van der Waals surface area contributed by atoms with Crippen molar-refractivity contribution in [3.05, 3.63) is 35.4 Å². The number of carbonyl (C=O) groups is 3. The Morgan fingerprint density at radius 1 is 1.09 bits per heavy atom. The number of amides is 3. The summed E-state index contributed by atoms with van der Waals surface area (Å²) in [6.45, 7) is 16.0. The van der Waals surface area contributed by atoms with E-state index >= 15 is 0 Å². The smallest absolute Gasteiger partial charge is 0.408 e. The fourth-order valence-corrected chi connectivity index (χ4v) is 3.64. The molecule has 2 unspecified atom stereocenters. The average Bonchev–Trinajstić information content (AvgIpc) is 2.70. The summed E-state index contributed by atoms with van der Waals surface area (Å²) in [4.78, 5) is 41.1. The number of likely N-dealkylation sites (N-methyl/N-ethyl adjacent to an activating group) is 1. The van der Waals surface area contributed by atoms with Crippen molar-refractivity contribution in [3.63, 3.8) is 0 Å². The fraction of sp³-hybridized carbons (Fsp3) is 0.654. The number of alkyl carbamates (subject to hydrolysis) is 1. The van der Waals surface area contributed by atoms with E-state index in [1.165, 1.54) is 0 Å². The molecule has 7 heteroatoms. The van der Waals surface area contributed by atoms with E-state index in [4.69, 9.17) is 4.74 Å². The van der Waals surface area contributed by atoms with Crippen LogP contribution in [-0.4, -0.2) is 47.5 Å². The van der Waals surface area contributed by atoms with Gasteiger partial charge in [-0.15, -0.1) is 0 Å². The maximum Gasteiger partial charge on any atom is 0.408 e. The zero-order chi connectivity index (χ0) is 25.2. The van der Waals surface area contributed by atoms with Crippen molar-refractivity contribution < 1.29 is 19.1 Å². The van der Waals surface area contributed by atoms with Crippen LogP contribution in [-0.2, 0) is 14.3 Å². The highest BCUT2D eigenvalue weighted by Gasteiger charge is 2.36. The van der Waals surface area contributed by atoms with Gasteiger partial charge in [-0.2, -0.15) is 0 Å². The van der Waals surface area contributed by atoms with Gasteiger partial charge in [0.15, 0.2) is 0 Å². The van der Waals surface area contributed by atoms with Crippen molar-refractivity contribution in [3.8, 4) is 0 Å². The molecule has 0 saturated carbocycles. The third-order valence-corrected chi connectivity index (χ3v) is 5.19. The first-order chi connectivity index (χ1) is 15.4. The second-order valence-corrected chi connectivity index (χ2v) is 9.86. The van der Waals surface area contributed by atoms with Crippen molar-refractivity contribution in [2.45, 2.75) is 92.3 Å². The van der Waals surface area contributed by atoms with Crippen LogP contribution in [0.1, 0.15) is 84.9 Å². The van der Waals surface area contributed by atoms with E-state index in [1.54, 1.807) is 25.7 Å². The molecule has 186 valence electrons. The average molecular weight is 462 g/mol. The first-order valence-electron chi connectivity index (χ1n) is 12.0. The molecule has 1 rings (SSSR count). The Kier molecular flexibility index (Phi) is 11.4. The maximum absolute atomic E-state index is 13.7. The van der Waals surface area contributed by atoms with E-state index in [-0.39, 0.29) is 17.7 Å². The largest absolute Gasteiger partial charge is 0.444 e. The third kappa shape index (κ3) is 9.44. The summed E-state index contributed by atoms with van der Waals surface area (Å²) in [7, 11) is 0. The molecule has 7 nitrogen and oxygen atoms in total. The van der Waals surface area contributed by atoms with Gasteiger partial charge in [-0.05, 0) is 64.5 Å². The van der Waals surface area contributed by atoms with Crippen LogP contribution in [0.25, 0.3) is 0 Å². The number of nitrogens with one attached hydrogen (secondary N) is 2. The molecule has 33 heavy (non-hydrogen) atoms. The fourth-order valence-electron chi connectivity index (χ4n) is 3.64. The van der Waals surface area contributed by atoms with E-state index in [1.807, 2.05) is 52.0 Å². The van der Waals surface area contributed by atoms with Crippen LogP contribution in [0, 0.1) is 12.8 Å². The van der Waals surface area contributed by atoms with Gasteiger partial charge in [-0.25, -0.2) is 4.79 Å². The van der Waals surface area contributed by atoms with E-state index in [2.05, 4.69) is 17.6 Å². The lowest BCUT2D eigenvalue weighted by Gasteiger charge is -2.34. The zero-order valence-corrected chi connectivity index (χ0v) is 21.7. The van der Waals surface area contributed by atoms with Gasteiger partial charge < -0.3 is 20.3 Å². The summed E-state index contributed by atoms with van der Waals surface area (Å²) in [6, 6.07) is 6.02. The van der Waals surface area contributed by atoms with Gasteiger partial charge >= 0.3 is 6.09 Å². The van der Waals surface area contributed by atoms with Crippen LogP contribution in [0.2, 0.25) is 0 Å². The van der Waals surface area contributed by atoms with Gasteiger partial charge in [0, 0.05) is 13.1 Å². The predicted molar refractivity (Wildman–Crippen MR) is 132 cm³/mol. The van der Waals surface area contributed by atoms with E-state index in [0.717, 1.165) is 24.0 Å². The number of ether oxygens (including phenoxy) is 1. The predicted octanol–water partition coefficient (Wildman–Crippen LogP) is 4.74. The third-order valence-electron chi connectivity index (χ3n) is 5.19. The molecule has 0 aromatic heterocycles. The first kappa shape index (κ1) is 28.5. The number of hydrogen-bond donors (Lipinski definition) is 2. The Hall–Kier alpha value is -2.57. The first-order valence-corrected chi connectivity index (χ1v) is 12.0. The number of aryl methyl sites for hydroxylation is 1. The summed E-state index contributed by atoms with van der Waals surface area (Å²) in [6.07, 6.45) is 1.62. The highest BCUT2D eigenvalue weighted by molar-refractivity contribution is 5.92. The minimum Gasteiger partial charge on any atom is -0.444 e. The molecule has 0 heterocycles. The molecule has 3 amide bonds. The number of rotatable bonds is 11. The molecule has 0 radical (unpaired) electrons. The monoisotopic (exact) mass is 461 g/mol. The molecule has 0 saturated heterocycles. The highest BCUT2D eigenvalue weighted by Crippen LogP contribution is 2.26. The van der Waals surface area contributed by atoms with Gasteiger partial charge in [0.05, 0.1) is 0 Å². The molecule has 0 fully saturated rings. The van der Waals surface area contributed by atoms with E-state index < -0.39 is 23.8 Å². The zero-order valence-electron chi connectivity index (χ0n) is 21.7. The van der Waals surface area contributed by atoms with Crippen molar-refractivity contribution in [1.82, 2.24) is 15.5 Å². The van der Waals surface area contributed by atoms with Crippen LogP contribution in [0.4, 0.5) is 4.79 Å². The number of benzene rings is 1. The van der Waals surface area contributed by atoms with Gasteiger partial charge in [-0.3, -0.25) is 9.59 Å². The second kappa shape index (κ2) is 13.2. The summed E-state index contributed by atoms with van der Waals surface area (Å²) in [5, 5.41) is 5.73. The molecule has 0 spiro atoms. The van der Waals surface area contributed by atoms with E-state index in [0.29, 0.717) is 19.5 Å². The molecule has 0 aliphatic heterocycles. The molecule has 2 atom stereocenters. The summed E-state index contributed by atoms with van der Waals surface area (Å²) < 4.78 is 5.39. The summed E-state index contributed by atoms with van der Waals surface area (Å²) in [5.41, 5.74) is 1.03. The molecule has 0 aliphatic rings. The van der Waals surface area contributed by atoms with Crippen molar-refractivity contribution in [2.75, 3.05) is 13.1 Å². The van der Waals surface area contributed by atoms with Gasteiger partial charge in [0.25, 0.3) is 0 Å². The minimum atomic E-state index is -0.797. The van der Waals surface area contributed by atoms with Crippen molar-refractivity contribution >= 4 is 17.9 Å². The standard InChI is InChI=1S/C26H43N3O4/c1-9-11-16-27-23(30)22(20-15-13-12-14-19(20)5)29(10-2)24(31)21(17-18(3)4)28-25(32)33-26(6,7)8/h12-15,18,21-22H,9-11,16-17H2,1-8H3,(H,27,30)(H,28,32). The van der Waals surface area contributed by atoms with Gasteiger partial charge in [-0.1, -0.05) is 51.5 Å². The Balaban J connectivity index is 3.31. The molecule has 0 aliphatic carbocycles. The Morgan fingerprint density at radius 2 is 1.73 bits per heavy atom. The molecule has 1 aromatic carbocycles. The highest BCUT2D eigenvalue weighted by atomic mass is 16.6. The van der Waals surface area contributed by atoms with Crippen LogP contribution in [0.15, 0.2) is 24.3 Å². The van der Waals surface area contributed by atoms with E-state index in [9.17, 15) is 14.4 Å². The number of carbonyl (C=O) groups excluding carboxylic acids is 3. The molecular weight excluding hydrogens is 418 g/mol. The molecule has 2 N–H and O–H groups in total. The maximum atomic E-state index is 13.7. The van der Waals surface area contributed by atoms with Crippen molar-refractivity contribution in [1.29, 1.82) is 0 Å². The van der Waals surface area contributed by atoms with Gasteiger partial charge in [0.2, 0.25) is 11.8 Å². The normalized spacial score (nSPS) is 13.2. The Labute approximate surface area is 199 Å². The summed E-state index contributed by atoms with van der Waals surface area (Å²) >= 11 is 0. The molecular formula is C26H43N3O4. The van der Waals surface area contributed by atoms with Crippen molar-refractivity contribution in [2.24, 2.45) is 5.92 Å². The second-order valence-electron chi connectivity index (χ2n) is 9.86. The molecule has 1 aromatic rings. The number of unbranched alkanes of at least 4 members (excludes halogenated alkanes) is 1. The minimum absolute atomic E-state index is 0.155. The lowest BCUT2D eigenvalue weighted by Crippen LogP contribution is -2.53. The van der Waals surface area contributed by atoms with Crippen LogP contribution >= 0.6 is 0 Å². The van der Waals surface area contributed by atoms with Gasteiger partial charge in [0.1, 0.15) is 17.7 Å². The topological polar surface area (TPSA) is 87.7 Å². The number of nitrogens with zero attached hydrogens (tertiary/aromatic N) is 1. The SMILES string of the molecule is CCCCNC(=O)C(c1ccccc1C)N(CC)C(=O)C(CC(C)C)NC(=O)OC(C)(C)C. The van der Waals surface area contributed by atoms with Crippen LogP contribution in [0.3, 0.4) is 0 Å². The summed E-state index contributed by atoms with van der Waals surface area (Å²) in [5.74, 6) is -0.354. The lowest BCUT2D eigenvalue weighted by atomic mass is 9.96. The number of hydrogen-bond acceptors (Lipinski definition) is 4. The van der Waals surface area contributed by atoms with Crippen LogP contribution < -0.4 is 10.6 Å². The lowest BCUT2D eigenvalue weighted by molar-refractivity contribution is -0.142. The van der Waals surface area contributed by atoms with Crippen LogP contribution in [0.5, 0.6) is 0 Å². The Morgan fingerprint density at radius 3 is 2.24 bits per heavy atom. The quantitative estimate of drug-likeness (QED) is 0.466. The molecule has 0 bridgehead atoms.